The molecule has 1 aromatic heterocycles. The molecule has 164 valence electrons. The molecule has 0 aliphatic carbocycles. The summed E-state index contributed by atoms with van der Waals surface area (Å²) in [7, 11) is -3.71. The van der Waals surface area contributed by atoms with Crippen molar-refractivity contribution in [3.8, 4) is 0 Å². The summed E-state index contributed by atoms with van der Waals surface area (Å²) in [4.78, 5) is 19.2. The molecule has 0 bridgehead atoms. The molecule has 2 heterocycles. The Hall–Kier alpha value is -1.88. The molecular weight excluding hydrogens is 507 g/mol. The average molecular weight is 527 g/mol. The molecule has 1 fully saturated rings. The van der Waals surface area contributed by atoms with Crippen LogP contribution < -0.4 is 4.90 Å². The van der Waals surface area contributed by atoms with Crippen LogP contribution in [-0.2, 0) is 19.4 Å². The predicted molar refractivity (Wildman–Crippen MR) is 122 cm³/mol. The van der Waals surface area contributed by atoms with Gasteiger partial charge in [-0.05, 0) is 55.3 Å². The van der Waals surface area contributed by atoms with Gasteiger partial charge in [-0.1, -0.05) is 27.3 Å². The molecule has 0 saturated carbocycles. The van der Waals surface area contributed by atoms with Gasteiger partial charge < -0.3 is 4.74 Å². The van der Waals surface area contributed by atoms with Gasteiger partial charge in [0.2, 0.25) is 5.91 Å². The van der Waals surface area contributed by atoms with Crippen molar-refractivity contribution in [3.05, 3.63) is 52.8 Å². The largest absolute Gasteiger partial charge is 0.376 e. The third-order valence-corrected chi connectivity index (χ3v) is 8.31. The van der Waals surface area contributed by atoms with Crippen molar-refractivity contribution in [2.75, 3.05) is 23.8 Å². The van der Waals surface area contributed by atoms with Crippen LogP contribution in [0.25, 0.3) is 10.2 Å². The zero-order valence-electron chi connectivity index (χ0n) is 16.5. The molecule has 31 heavy (non-hydrogen) atoms. The van der Waals surface area contributed by atoms with E-state index in [0.717, 1.165) is 39.7 Å². The van der Waals surface area contributed by atoms with Gasteiger partial charge in [0.25, 0.3) is 0 Å². The molecule has 1 atom stereocenters. The quantitative estimate of drug-likeness (QED) is 0.421. The number of halogens is 2. The molecule has 1 saturated heterocycles. The predicted octanol–water partition coefficient (Wildman–Crippen LogP) is 4.57. The van der Waals surface area contributed by atoms with Crippen molar-refractivity contribution in [1.82, 2.24) is 4.98 Å². The highest BCUT2D eigenvalue weighted by Gasteiger charge is 2.27. The number of ether oxygens (including phenoxy) is 1. The number of carbonyl (C=O) groups excluding carboxylic acids is 1. The average Bonchev–Trinajstić information content (AvgIpc) is 3.39. The van der Waals surface area contributed by atoms with E-state index >= 15 is 0 Å². The highest BCUT2D eigenvalue weighted by molar-refractivity contribution is 9.10. The minimum atomic E-state index is -3.71. The van der Waals surface area contributed by atoms with Crippen LogP contribution in [-0.4, -0.2) is 44.3 Å². The van der Waals surface area contributed by atoms with Gasteiger partial charge >= 0.3 is 0 Å². The molecule has 0 N–H and O–H groups in total. The molecule has 0 radical (unpaired) electrons. The second-order valence-electron chi connectivity index (χ2n) is 7.27. The van der Waals surface area contributed by atoms with E-state index in [2.05, 4.69) is 20.9 Å². The zero-order chi connectivity index (χ0) is 22.0. The fraction of sp³-hybridized carbons (Fsp3) is 0.333. The highest BCUT2D eigenvalue weighted by Crippen LogP contribution is 2.32. The van der Waals surface area contributed by atoms with E-state index in [9.17, 15) is 17.6 Å². The number of fused-ring (bicyclic) bond motifs is 1. The first kappa shape index (κ1) is 22.3. The van der Waals surface area contributed by atoms with Crippen LogP contribution in [0.5, 0.6) is 0 Å². The van der Waals surface area contributed by atoms with E-state index in [4.69, 9.17) is 4.74 Å². The third kappa shape index (κ3) is 5.31. The lowest BCUT2D eigenvalue weighted by molar-refractivity contribution is -0.118. The number of anilines is 1. The Labute approximate surface area is 192 Å². The Morgan fingerprint density at radius 1 is 1.26 bits per heavy atom. The van der Waals surface area contributed by atoms with Gasteiger partial charge in [0.05, 0.1) is 33.5 Å². The third-order valence-electron chi connectivity index (χ3n) is 5.04. The van der Waals surface area contributed by atoms with Crippen LogP contribution in [0.4, 0.5) is 9.52 Å². The van der Waals surface area contributed by atoms with Crippen LogP contribution in [0.1, 0.15) is 19.3 Å². The molecule has 4 rings (SSSR count). The first-order valence-corrected chi connectivity index (χ1v) is 13.0. The van der Waals surface area contributed by atoms with Crippen LogP contribution in [0.3, 0.4) is 0 Å². The Balaban J connectivity index is 1.55. The highest BCUT2D eigenvalue weighted by atomic mass is 79.9. The molecule has 1 aliphatic heterocycles. The molecule has 0 spiro atoms. The topological polar surface area (TPSA) is 76.6 Å². The number of nitrogens with zero attached hydrogens (tertiary/aromatic N) is 2. The number of thiazole rings is 1. The van der Waals surface area contributed by atoms with Gasteiger partial charge in [-0.2, -0.15) is 0 Å². The molecule has 1 amide bonds. The van der Waals surface area contributed by atoms with E-state index in [-0.39, 0.29) is 29.1 Å². The van der Waals surface area contributed by atoms with Crippen molar-refractivity contribution in [2.24, 2.45) is 0 Å². The second kappa shape index (κ2) is 9.32. The minimum Gasteiger partial charge on any atom is -0.376 e. The van der Waals surface area contributed by atoms with Gasteiger partial charge in [0.15, 0.2) is 15.0 Å². The molecule has 3 aromatic rings. The van der Waals surface area contributed by atoms with E-state index in [1.165, 1.54) is 28.4 Å². The molecule has 2 aromatic carbocycles. The maximum Gasteiger partial charge on any atom is 0.229 e. The second-order valence-corrected chi connectivity index (χ2v) is 11.3. The molecule has 10 heteroatoms. The number of aromatic nitrogens is 1. The SMILES string of the molecule is O=C(CCS(=O)(=O)c1ccc(F)cc1)N(CC1CCCO1)c1nc2ccc(Br)cc2s1. The normalized spacial score (nSPS) is 16.6. The fourth-order valence-electron chi connectivity index (χ4n) is 3.40. The first-order chi connectivity index (χ1) is 14.8. The fourth-order valence-corrected chi connectivity index (χ4v) is 6.17. The zero-order valence-corrected chi connectivity index (χ0v) is 19.7. The smallest absolute Gasteiger partial charge is 0.229 e. The maximum atomic E-state index is 13.1. The Kier molecular flexibility index (Phi) is 6.71. The summed E-state index contributed by atoms with van der Waals surface area (Å²) in [6, 6.07) is 10.3. The lowest BCUT2D eigenvalue weighted by atomic mass is 10.2. The Morgan fingerprint density at radius 3 is 2.74 bits per heavy atom. The van der Waals surface area contributed by atoms with Crippen LogP contribution in [0, 0.1) is 5.82 Å². The van der Waals surface area contributed by atoms with Gasteiger partial charge in [-0.15, -0.1) is 0 Å². The number of carbonyl (C=O) groups is 1. The van der Waals surface area contributed by atoms with E-state index in [1.54, 1.807) is 0 Å². The van der Waals surface area contributed by atoms with Crippen LogP contribution in [0.2, 0.25) is 0 Å². The summed E-state index contributed by atoms with van der Waals surface area (Å²) < 4.78 is 45.8. The summed E-state index contributed by atoms with van der Waals surface area (Å²) in [6.45, 7) is 0.981. The van der Waals surface area contributed by atoms with Crippen molar-refractivity contribution >= 4 is 58.4 Å². The number of rotatable bonds is 7. The maximum absolute atomic E-state index is 13.1. The summed E-state index contributed by atoms with van der Waals surface area (Å²) >= 11 is 4.82. The Bertz CT molecular complexity index is 1190. The van der Waals surface area contributed by atoms with Crippen molar-refractivity contribution in [2.45, 2.75) is 30.3 Å². The number of sulfone groups is 1. The minimum absolute atomic E-state index is 0.00258. The summed E-state index contributed by atoms with van der Waals surface area (Å²) in [6.07, 6.45) is 1.47. The number of hydrogen-bond donors (Lipinski definition) is 0. The van der Waals surface area contributed by atoms with Crippen molar-refractivity contribution in [1.29, 1.82) is 0 Å². The Morgan fingerprint density at radius 2 is 2.03 bits per heavy atom. The molecular formula is C21H20BrFN2O4S2. The van der Waals surface area contributed by atoms with Gasteiger partial charge in [-0.25, -0.2) is 17.8 Å². The van der Waals surface area contributed by atoms with Crippen molar-refractivity contribution in [3.63, 3.8) is 0 Å². The van der Waals surface area contributed by atoms with E-state index in [0.29, 0.717) is 18.3 Å². The number of benzene rings is 2. The lowest BCUT2D eigenvalue weighted by Gasteiger charge is -2.23. The van der Waals surface area contributed by atoms with Gasteiger partial charge in [-0.3, -0.25) is 9.69 Å². The van der Waals surface area contributed by atoms with Crippen LogP contribution >= 0.6 is 27.3 Å². The molecule has 6 nitrogen and oxygen atoms in total. The molecule has 1 unspecified atom stereocenters. The summed E-state index contributed by atoms with van der Waals surface area (Å²) in [5.74, 6) is -1.21. The van der Waals surface area contributed by atoms with Gasteiger partial charge in [0, 0.05) is 17.5 Å². The lowest BCUT2D eigenvalue weighted by Crippen LogP contribution is -2.38. The van der Waals surface area contributed by atoms with E-state index < -0.39 is 15.7 Å². The van der Waals surface area contributed by atoms with E-state index in [1.807, 2.05) is 18.2 Å². The van der Waals surface area contributed by atoms with Gasteiger partial charge in [0.1, 0.15) is 5.82 Å². The van der Waals surface area contributed by atoms with Crippen molar-refractivity contribution < 1.29 is 22.3 Å². The summed E-state index contributed by atoms with van der Waals surface area (Å²) in [5, 5.41) is 0.521. The standard InChI is InChI=1S/C21H20BrFN2O4S2/c22-14-3-8-18-19(12-14)30-21(24-18)25(13-16-2-1-10-29-16)20(26)9-11-31(27,28)17-6-4-15(23)5-7-17/h3-8,12,16H,1-2,9-11,13H2. The molecule has 1 aliphatic rings. The summed E-state index contributed by atoms with van der Waals surface area (Å²) in [5.41, 5.74) is 0.771. The number of hydrogen-bond acceptors (Lipinski definition) is 6. The first-order valence-electron chi connectivity index (χ1n) is 9.78. The monoisotopic (exact) mass is 526 g/mol. The number of amides is 1. The van der Waals surface area contributed by atoms with Crippen LogP contribution in [0.15, 0.2) is 51.8 Å².